The number of nitrogens with zero attached hydrogens (tertiary/aromatic N) is 1. The first-order chi connectivity index (χ1) is 8.63. The maximum absolute atomic E-state index is 10.9. The number of thioether (sulfide) groups is 1. The van der Waals surface area contributed by atoms with Crippen LogP contribution < -0.4 is 9.47 Å². The van der Waals surface area contributed by atoms with E-state index in [1.807, 2.05) is 6.92 Å². The highest BCUT2D eigenvalue weighted by molar-refractivity contribution is 7.99. The van der Waals surface area contributed by atoms with Crippen molar-refractivity contribution in [2.24, 2.45) is 0 Å². The molecule has 1 unspecified atom stereocenters. The van der Waals surface area contributed by atoms with Gasteiger partial charge >= 0.3 is 5.97 Å². The van der Waals surface area contributed by atoms with E-state index in [1.165, 1.54) is 11.8 Å². The Morgan fingerprint density at radius 1 is 1.50 bits per heavy atom. The molecule has 1 aromatic heterocycles. The predicted octanol–water partition coefficient (Wildman–Crippen LogP) is 2.20. The van der Waals surface area contributed by atoms with Crippen molar-refractivity contribution in [3.05, 3.63) is 18.0 Å². The Balaban J connectivity index is 2.81. The highest BCUT2D eigenvalue weighted by Crippen LogP contribution is 2.32. The molecule has 0 fully saturated rings. The summed E-state index contributed by atoms with van der Waals surface area (Å²) in [4.78, 5) is 15.1. The van der Waals surface area contributed by atoms with Crippen LogP contribution in [0.4, 0.5) is 0 Å². The molecule has 0 spiro atoms. The minimum absolute atomic E-state index is 0.428. The predicted molar refractivity (Wildman–Crippen MR) is 70.4 cm³/mol. The van der Waals surface area contributed by atoms with Crippen LogP contribution in [0.5, 0.6) is 11.5 Å². The van der Waals surface area contributed by atoms with Gasteiger partial charge in [-0.2, -0.15) is 0 Å². The van der Waals surface area contributed by atoms with E-state index >= 15 is 0 Å². The van der Waals surface area contributed by atoms with Gasteiger partial charge in [0.2, 0.25) is 0 Å². The first kappa shape index (κ1) is 14.6. The van der Waals surface area contributed by atoms with Gasteiger partial charge in [-0.25, -0.2) is 0 Å². The lowest BCUT2D eigenvalue weighted by Gasteiger charge is -2.13. The molecule has 0 amide bonds. The van der Waals surface area contributed by atoms with Crippen LogP contribution in [0, 0.1) is 0 Å². The quantitative estimate of drug-likeness (QED) is 0.820. The van der Waals surface area contributed by atoms with Gasteiger partial charge in [-0.15, -0.1) is 11.8 Å². The van der Waals surface area contributed by atoms with E-state index in [1.54, 1.807) is 26.5 Å². The number of carbonyl (C=O) groups is 1. The molecule has 0 aromatic carbocycles. The molecule has 1 rings (SSSR count). The molecule has 0 aliphatic heterocycles. The largest absolute Gasteiger partial charge is 0.493 e. The van der Waals surface area contributed by atoms with Crippen LogP contribution in [0.3, 0.4) is 0 Å². The number of hydrogen-bond acceptors (Lipinski definition) is 5. The number of aromatic nitrogens is 1. The summed E-state index contributed by atoms with van der Waals surface area (Å²) < 4.78 is 10.4. The van der Waals surface area contributed by atoms with Gasteiger partial charge in [0, 0.05) is 18.0 Å². The van der Waals surface area contributed by atoms with Gasteiger partial charge in [-0.3, -0.25) is 9.78 Å². The number of carboxylic acids is 1. The van der Waals surface area contributed by atoms with Gasteiger partial charge < -0.3 is 14.6 Å². The summed E-state index contributed by atoms with van der Waals surface area (Å²) in [5.41, 5.74) is 0.696. The number of aliphatic carboxylic acids is 1. The summed E-state index contributed by atoms with van der Waals surface area (Å²) in [7, 11) is 3.10. The van der Waals surface area contributed by atoms with E-state index in [4.69, 9.17) is 14.6 Å². The second-order valence-electron chi connectivity index (χ2n) is 3.54. The van der Waals surface area contributed by atoms with Crippen LogP contribution in [-0.2, 0) is 10.5 Å². The van der Waals surface area contributed by atoms with Crippen LogP contribution in [0.15, 0.2) is 12.3 Å². The smallest absolute Gasteiger partial charge is 0.316 e. The Hall–Kier alpha value is -1.43. The minimum atomic E-state index is -0.802. The van der Waals surface area contributed by atoms with Crippen LogP contribution in [0.2, 0.25) is 0 Å². The Kier molecular flexibility index (Phi) is 5.77. The maximum Gasteiger partial charge on any atom is 0.316 e. The molecule has 0 bridgehead atoms. The zero-order chi connectivity index (χ0) is 13.5. The third-order valence-corrected chi connectivity index (χ3v) is 3.81. The van der Waals surface area contributed by atoms with Crippen molar-refractivity contribution in [3.8, 4) is 11.5 Å². The highest BCUT2D eigenvalue weighted by Gasteiger charge is 2.18. The van der Waals surface area contributed by atoms with E-state index in [9.17, 15) is 4.79 Å². The second kappa shape index (κ2) is 7.10. The zero-order valence-electron chi connectivity index (χ0n) is 10.7. The van der Waals surface area contributed by atoms with Crippen molar-refractivity contribution in [2.75, 3.05) is 14.2 Å². The van der Waals surface area contributed by atoms with Crippen LogP contribution in [0.1, 0.15) is 19.0 Å². The van der Waals surface area contributed by atoms with E-state index < -0.39 is 11.2 Å². The molecule has 100 valence electrons. The van der Waals surface area contributed by atoms with Crippen LogP contribution >= 0.6 is 11.8 Å². The van der Waals surface area contributed by atoms with Crippen molar-refractivity contribution < 1.29 is 19.4 Å². The Labute approximate surface area is 111 Å². The second-order valence-corrected chi connectivity index (χ2v) is 4.73. The van der Waals surface area contributed by atoms with Crippen LogP contribution in [-0.4, -0.2) is 35.5 Å². The summed E-state index contributed by atoms with van der Waals surface area (Å²) in [6.45, 7) is 1.85. The van der Waals surface area contributed by atoms with E-state index in [0.29, 0.717) is 29.4 Å². The fraction of sp³-hybridized carbons (Fsp3) is 0.500. The monoisotopic (exact) mass is 271 g/mol. The lowest BCUT2D eigenvalue weighted by Crippen LogP contribution is -2.15. The maximum atomic E-state index is 10.9. The third-order valence-electron chi connectivity index (χ3n) is 2.43. The highest BCUT2D eigenvalue weighted by atomic mass is 32.2. The number of hydrogen-bond donors (Lipinski definition) is 1. The molecule has 1 heterocycles. The molecular formula is C12H17NO4S. The molecule has 1 N–H and O–H groups in total. The minimum Gasteiger partial charge on any atom is -0.493 e. The van der Waals surface area contributed by atoms with E-state index in [-0.39, 0.29) is 0 Å². The Morgan fingerprint density at radius 3 is 2.72 bits per heavy atom. The van der Waals surface area contributed by atoms with Gasteiger partial charge in [0.05, 0.1) is 19.9 Å². The fourth-order valence-corrected chi connectivity index (χ4v) is 2.44. The fourth-order valence-electron chi connectivity index (χ4n) is 1.50. The standard InChI is InChI=1S/C12H17NO4S/c1-4-10(12(14)15)18-7-8-11(17-3)9(16-2)5-6-13-8/h5-6,10H,4,7H2,1-3H3,(H,14,15). The summed E-state index contributed by atoms with van der Waals surface area (Å²) in [6.07, 6.45) is 2.20. The normalized spacial score (nSPS) is 11.9. The number of carboxylic acid groups (broad SMARTS) is 1. The van der Waals surface area contributed by atoms with Crippen molar-refractivity contribution in [1.29, 1.82) is 0 Å². The van der Waals surface area contributed by atoms with Crippen molar-refractivity contribution in [2.45, 2.75) is 24.3 Å². The number of pyridine rings is 1. The first-order valence-corrected chi connectivity index (χ1v) is 6.59. The van der Waals surface area contributed by atoms with Crippen LogP contribution in [0.25, 0.3) is 0 Å². The van der Waals surface area contributed by atoms with Gasteiger partial charge in [0.25, 0.3) is 0 Å². The van der Waals surface area contributed by atoms with Crippen molar-refractivity contribution in [1.82, 2.24) is 4.98 Å². The topological polar surface area (TPSA) is 68.7 Å². The summed E-state index contributed by atoms with van der Waals surface area (Å²) >= 11 is 1.33. The van der Waals surface area contributed by atoms with Crippen molar-refractivity contribution in [3.63, 3.8) is 0 Å². The molecular weight excluding hydrogens is 254 g/mol. The lowest BCUT2D eigenvalue weighted by atomic mass is 10.3. The van der Waals surface area contributed by atoms with E-state index in [2.05, 4.69) is 4.98 Å². The average molecular weight is 271 g/mol. The summed E-state index contributed by atoms with van der Waals surface area (Å²) in [5.74, 6) is 0.842. The molecule has 0 radical (unpaired) electrons. The molecule has 1 atom stereocenters. The van der Waals surface area contributed by atoms with E-state index in [0.717, 1.165) is 0 Å². The lowest BCUT2D eigenvalue weighted by molar-refractivity contribution is -0.136. The molecule has 0 aliphatic rings. The third kappa shape index (κ3) is 3.53. The van der Waals surface area contributed by atoms with Gasteiger partial charge in [-0.1, -0.05) is 6.92 Å². The molecule has 5 nitrogen and oxygen atoms in total. The number of methoxy groups -OCH3 is 2. The average Bonchev–Trinajstić information content (AvgIpc) is 2.38. The Morgan fingerprint density at radius 2 is 2.22 bits per heavy atom. The first-order valence-electron chi connectivity index (χ1n) is 5.54. The van der Waals surface area contributed by atoms with Gasteiger partial charge in [0.1, 0.15) is 5.25 Å². The van der Waals surface area contributed by atoms with Gasteiger partial charge in [-0.05, 0) is 6.42 Å². The van der Waals surface area contributed by atoms with Gasteiger partial charge in [0.15, 0.2) is 11.5 Å². The molecule has 0 saturated carbocycles. The molecule has 1 aromatic rings. The van der Waals surface area contributed by atoms with Crippen molar-refractivity contribution >= 4 is 17.7 Å². The molecule has 0 aliphatic carbocycles. The zero-order valence-corrected chi connectivity index (χ0v) is 11.5. The number of rotatable bonds is 7. The SMILES string of the molecule is CCC(SCc1nccc(OC)c1OC)C(=O)O. The Bertz CT molecular complexity index is 411. The molecule has 6 heteroatoms. The molecule has 18 heavy (non-hydrogen) atoms. The molecule has 0 saturated heterocycles. The number of ether oxygens (including phenoxy) is 2. The summed E-state index contributed by atoms with van der Waals surface area (Å²) in [6, 6.07) is 1.71. The summed E-state index contributed by atoms with van der Waals surface area (Å²) in [5, 5.41) is 8.55.